The Balaban J connectivity index is 2.13. The number of nitrogens with one attached hydrogen (secondary N) is 1. The highest BCUT2D eigenvalue weighted by molar-refractivity contribution is 7.90. The van der Waals surface area contributed by atoms with Crippen molar-refractivity contribution in [3.05, 3.63) is 0 Å². The Bertz CT molecular complexity index is 273. The lowest BCUT2D eigenvalue weighted by atomic mass is 10.0. The van der Waals surface area contributed by atoms with Crippen molar-refractivity contribution in [3.8, 4) is 0 Å². The van der Waals surface area contributed by atoms with E-state index in [9.17, 15) is 8.42 Å². The van der Waals surface area contributed by atoms with E-state index in [2.05, 4.69) is 4.72 Å². The fourth-order valence-corrected chi connectivity index (χ4v) is 3.96. The van der Waals surface area contributed by atoms with Crippen molar-refractivity contribution in [1.82, 2.24) is 4.72 Å². The molecule has 0 aromatic rings. The van der Waals surface area contributed by atoms with Gasteiger partial charge in [0.15, 0.2) is 0 Å². The van der Waals surface area contributed by atoms with Gasteiger partial charge >= 0.3 is 0 Å². The summed E-state index contributed by atoms with van der Waals surface area (Å²) in [6, 6.07) is 0. The molecule has 0 aromatic carbocycles. The highest BCUT2D eigenvalue weighted by Gasteiger charge is 2.49. The molecule has 12 heavy (non-hydrogen) atoms. The van der Waals surface area contributed by atoms with E-state index in [1.165, 1.54) is 13.5 Å². The first-order chi connectivity index (χ1) is 5.65. The van der Waals surface area contributed by atoms with Crippen molar-refractivity contribution in [2.45, 2.75) is 30.9 Å². The summed E-state index contributed by atoms with van der Waals surface area (Å²) < 4.78 is 25.4. The van der Waals surface area contributed by atoms with E-state index in [0.29, 0.717) is 5.92 Å². The van der Waals surface area contributed by atoms with E-state index in [4.69, 9.17) is 0 Å². The minimum absolute atomic E-state index is 0.0822. The van der Waals surface area contributed by atoms with Gasteiger partial charge in [-0.3, -0.25) is 0 Å². The zero-order chi connectivity index (χ0) is 8.77. The first-order valence-electron chi connectivity index (χ1n) is 4.57. The van der Waals surface area contributed by atoms with E-state index >= 15 is 0 Å². The quantitative estimate of drug-likeness (QED) is 0.696. The smallest absolute Gasteiger partial charge is 0.214 e. The van der Waals surface area contributed by atoms with E-state index < -0.39 is 10.0 Å². The van der Waals surface area contributed by atoms with Crippen LogP contribution in [0.4, 0.5) is 0 Å². The Hall–Kier alpha value is -0.0900. The lowest BCUT2D eigenvalue weighted by Crippen LogP contribution is -2.35. The SMILES string of the molecule is CNS(=O)(=O)C1CCCC2CC21. The standard InChI is InChI=1S/C8H15NO2S/c1-9-12(10,11)8-4-2-3-6-5-7(6)8/h6-9H,2-5H2,1H3. The summed E-state index contributed by atoms with van der Waals surface area (Å²) in [5.74, 6) is 1.21. The van der Waals surface area contributed by atoms with E-state index in [1.54, 1.807) is 0 Å². The van der Waals surface area contributed by atoms with Crippen LogP contribution in [0.15, 0.2) is 0 Å². The highest BCUT2D eigenvalue weighted by Crippen LogP contribution is 2.51. The van der Waals surface area contributed by atoms with Crippen LogP contribution >= 0.6 is 0 Å². The van der Waals surface area contributed by atoms with Crippen LogP contribution in [-0.2, 0) is 10.0 Å². The van der Waals surface area contributed by atoms with Gasteiger partial charge < -0.3 is 0 Å². The fourth-order valence-electron chi connectivity index (χ4n) is 2.39. The molecule has 3 unspecified atom stereocenters. The second-order valence-electron chi connectivity index (χ2n) is 3.88. The molecule has 3 atom stereocenters. The number of rotatable bonds is 2. The Morgan fingerprint density at radius 1 is 1.33 bits per heavy atom. The van der Waals surface area contributed by atoms with E-state index in [-0.39, 0.29) is 5.25 Å². The van der Waals surface area contributed by atoms with Crippen LogP contribution in [0.2, 0.25) is 0 Å². The number of hydrogen-bond acceptors (Lipinski definition) is 2. The largest absolute Gasteiger partial charge is 0.218 e. The minimum Gasteiger partial charge on any atom is -0.218 e. The van der Waals surface area contributed by atoms with Gasteiger partial charge in [0, 0.05) is 0 Å². The monoisotopic (exact) mass is 189 g/mol. The zero-order valence-corrected chi connectivity index (χ0v) is 8.10. The van der Waals surface area contributed by atoms with Crippen LogP contribution in [0.1, 0.15) is 25.7 Å². The molecule has 4 heteroatoms. The normalized spacial score (nSPS) is 40.6. The van der Waals surface area contributed by atoms with Gasteiger partial charge in [0.1, 0.15) is 0 Å². The minimum atomic E-state index is -2.98. The molecule has 2 fully saturated rings. The summed E-state index contributed by atoms with van der Waals surface area (Å²) in [7, 11) is -1.46. The molecule has 0 spiro atoms. The van der Waals surface area contributed by atoms with Gasteiger partial charge in [-0.1, -0.05) is 12.8 Å². The molecule has 2 aliphatic rings. The zero-order valence-electron chi connectivity index (χ0n) is 7.29. The molecule has 1 N–H and O–H groups in total. The van der Waals surface area contributed by atoms with E-state index in [1.807, 2.05) is 0 Å². The van der Waals surface area contributed by atoms with Gasteiger partial charge in [-0.2, -0.15) is 0 Å². The molecule has 2 saturated carbocycles. The molecule has 3 nitrogen and oxygen atoms in total. The van der Waals surface area contributed by atoms with Crippen molar-refractivity contribution in [1.29, 1.82) is 0 Å². The van der Waals surface area contributed by atoms with Crippen LogP contribution in [0, 0.1) is 11.8 Å². The van der Waals surface area contributed by atoms with Crippen LogP contribution in [0.25, 0.3) is 0 Å². The summed E-state index contributed by atoms with van der Waals surface area (Å²) in [4.78, 5) is 0. The summed E-state index contributed by atoms with van der Waals surface area (Å²) in [5.41, 5.74) is 0. The predicted molar refractivity (Wildman–Crippen MR) is 47.2 cm³/mol. The van der Waals surface area contributed by atoms with Crippen molar-refractivity contribution in [3.63, 3.8) is 0 Å². The Morgan fingerprint density at radius 2 is 2.08 bits per heavy atom. The first-order valence-corrected chi connectivity index (χ1v) is 6.12. The third kappa shape index (κ3) is 1.27. The lowest BCUT2D eigenvalue weighted by molar-refractivity contribution is 0.461. The average Bonchev–Trinajstić information content (AvgIpc) is 2.81. The molecule has 0 aromatic heterocycles. The number of fused-ring (bicyclic) bond motifs is 1. The molecule has 2 rings (SSSR count). The average molecular weight is 189 g/mol. The second kappa shape index (κ2) is 2.70. The third-order valence-electron chi connectivity index (χ3n) is 3.20. The maximum Gasteiger partial charge on any atom is 0.214 e. The predicted octanol–water partition coefficient (Wildman–Crippen LogP) is 0.724. The summed E-state index contributed by atoms with van der Waals surface area (Å²) in [6.07, 6.45) is 4.35. The van der Waals surface area contributed by atoms with Crippen molar-refractivity contribution in [2.75, 3.05) is 7.05 Å². The molecule has 0 radical (unpaired) electrons. The lowest BCUT2D eigenvalue weighted by Gasteiger charge is -2.20. The van der Waals surface area contributed by atoms with Crippen LogP contribution < -0.4 is 4.72 Å². The fraction of sp³-hybridized carbons (Fsp3) is 1.00. The number of sulfonamides is 1. The molecule has 0 saturated heterocycles. The van der Waals surface area contributed by atoms with Crippen LogP contribution in [0.3, 0.4) is 0 Å². The molecule has 0 amide bonds. The van der Waals surface area contributed by atoms with Gasteiger partial charge in [0.05, 0.1) is 5.25 Å². The maximum atomic E-state index is 11.5. The van der Waals surface area contributed by atoms with Crippen molar-refractivity contribution >= 4 is 10.0 Å². The molecule has 2 aliphatic carbocycles. The third-order valence-corrected chi connectivity index (χ3v) is 5.15. The second-order valence-corrected chi connectivity index (χ2v) is 5.98. The maximum absolute atomic E-state index is 11.5. The van der Waals surface area contributed by atoms with Gasteiger partial charge in [0.25, 0.3) is 0 Å². The van der Waals surface area contributed by atoms with Crippen molar-refractivity contribution in [2.24, 2.45) is 11.8 Å². The summed E-state index contributed by atoms with van der Waals surface area (Å²) >= 11 is 0. The van der Waals surface area contributed by atoms with E-state index in [0.717, 1.165) is 25.2 Å². The Kier molecular flexibility index (Phi) is 1.92. The molecule has 0 heterocycles. The van der Waals surface area contributed by atoms with Gasteiger partial charge in [-0.25, -0.2) is 13.1 Å². The summed E-state index contributed by atoms with van der Waals surface area (Å²) in [6.45, 7) is 0. The Morgan fingerprint density at radius 3 is 2.75 bits per heavy atom. The van der Waals surface area contributed by atoms with Gasteiger partial charge in [0.2, 0.25) is 10.0 Å². The van der Waals surface area contributed by atoms with Gasteiger partial charge in [-0.05, 0) is 31.7 Å². The molecular formula is C8H15NO2S. The summed E-state index contributed by atoms with van der Waals surface area (Å²) in [5, 5.41) is -0.0822. The Labute approximate surface area is 73.6 Å². The molecule has 0 aliphatic heterocycles. The number of hydrogen-bond donors (Lipinski definition) is 1. The topological polar surface area (TPSA) is 46.2 Å². The highest BCUT2D eigenvalue weighted by atomic mass is 32.2. The first kappa shape index (κ1) is 8.51. The van der Waals surface area contributed by atoms with Crippen molar-refractivity contribution < 1.29 is 8.42 Å². The molecule has 0 bridgehead atoms. The molecular weight excluding hydrogens is 174 g/mol. The molecule has 70 valence electrons. The van der Waals surface area contributed by atoms with Crippen LogP contribution in [0.5, 0.6) is 0 Å². The van der Waals surface area contributed by atoms with Gasteiger partial charge in [-0.15, -0.1) is 0 Å². The van der Waals surface area contributed by atoms with Crippen LogP contribution in [-0.4, -0.2) is 20.7 Å².